The van der Waals surface area contributed by atoms with Gasteiger partial charge in [0.1, 0.15) is 4.88 Å². The Labute approximate surface area is 84.1 Å². The Morgan fingerprint density at radius 2 is 2.31 bits per heavy atom. The highest BCUT2D eigenvalue weighted by atomic mass is 79.9. The van der Waals surface area contributed by atoms with Gasteiger partial charge in [0.25, 0.3) is 0 Å². The molecule has 0 fully saturated rings. The number of ether oxygens (including phenoxy) is 1. The average Bonchev–Trinajstić information content (AvgIpc) is 2.31. The third-order valence-electron chi connectivity index (χ3n) is 1.06. The second-order valence-corrected chi connectivity index (χ2v) is 3.80. The lowest BCUT2D eigenvalue weighted by Gasteiger charge is -1.99. The third-order valence-corrected chi connectivity index (χ3v) is 2.93. The lowest BCUT2D eigenvalue weighted by atomic mass is 10.5. The van der Waals surface area contributed by atoms with E-state index in [9.17, 15) is 13.6 Å². The van der Waals surface area contributed by atoms with Gasteiger partial charge in [-0.1, -0.05) is 11.3 Å². The SMILES string of the molecule is O=C(O)c1cc(Br)c(OC(F)F)s1. The van der Waals surface area contributed by atoms with Gasteiger partial charge in [-0.15, -0.1) is 0 Å². The van der Waals surface area contributed by atoms with E-state index in [1.54, 1.807) is 0 Å². The van der Waals surface area contributed by atoms with Crippen LogP contribution in [0.2, 0.25) is 0 Å². The predicted molar refractivity (Wildman–Crippen MR) is 45.6 cm³/mol. The van der Waals surface area contributed by atoms with Crippen LogP contribution in [-0.2, 0) is 0 Å². The van der Waals surface area contributed by atoms with Crippen molar-refractivity contribution in [1.82, 2.24) is 0 Å². The van der Waals surface area contributed by atoms with E-state index in [1.165, 1.54) is 6.07 Å². The molecule has 0 atom stereocenters. The van der Waals surface area contributed by atoms with Gasteiger partial charge in [0.05, 0.1) is 4.47 Å². The van der Waals surface area contributed by atoms with E-state index in [0.717, 1.165) is 0 Å². The number of aromatic carboxylic acids is 1. The molecule has 1 aromatic heterocycles. The summed E-state index contributed by atoms with van der Waals surface area (Å²) in [5.41, 5.74) is 0. The summed E-state index contributed by atoms with van der Waals surface area (Å²) in [6, 6.07) is 1.21. The summed E-state index contributed by atoms with van der Waals surface area (Å²) in [6.07, 6.45) is 0. The first-order valence-electron chi connectivity index (χ1n) is 2.98. The molecule has 0 bridgehead atoms. The van der Waals surface area contributed by atoms with E-state index in [1.807, 2.05) is 0 Å². The standard InChI is InChI=1S/C6H3BrF2O3S/c7-2-1-3(4(10)11)13-5(2)12-6(8)9/h1,6H,(H,10,11). The Morgan fingerprint density at radius 1 is 1.69 bits per heavy atom. The Balaban J connectivity index is 2.90. The lowest BCUT2D eigenvalue weighted by molar-refractivity contribution is -0.0476. The molecule has 0 saturated carbocycles. The first-order chi connectivity index (χ1) is 6.00. The fourth-order valence-corrected chi connectivity index (χ4v) is 2.08. The molecule has 13 heavy (non-hydrogen) atoms. The molecule has 0 aliphatic heterocycles. The monoisotopic (exact) mass is 272 g/mol. The first-order valence-corrected chi connectivity index (χ1v) is 4.59. The van der Waals surface area contributed by atoms with Crippen molar-refractivity contribution in [3.05, 3.63) is 15.4 Å². The summed E-state index contributed by atoms with van der Waals surface area (Å²) >= 11 is 3.55. The Kier molecular flexibility index (Phi) is 3.21. The van der Waals surface area contributed by atoms with Crippen molar-refractivity contribution in [3.63, 3.8) is 0 Å². The van der Waals surface area contributed by atoms with Gasteiger partial charge in [-0.2, -0.15) is 8.78 Å². The topological polar surface area (TPSA) is 46.5 Å². The van der Waals surface area contributed by atoms with Gasteiger partial charge in [0, 0.05) is 0 Å². The highest BCUT2D eigenvalue weighted by molar-refractivity contribution is 9.10. The number of carboxylic acids is 1. The van der Waals surface area contributed by atoms with Gasteiger partial charge >= 0.3 is 12.6 Å². The Morgan fingerprint density at radius 3 is 2.69 bits per heavy atom. The number of carboxylic acid groups (broad SMARTS) is 1. The van der Waals surface area contributed by atoms with E-state index in [-0.39, 0.29) is 14.4 Å². The summed E-state index contributed by atoms with van der Waals surface area (Å²) < 4.78 is 27.7. The number of carbonyl (C=O) groups is 1. The van der Waals surface area contributed by atoms with Crippen molar-refractivity contribution < 1.29 is 23.4 Å². The van der Waals surface area contributed by atoms with Crippen molar-refractivity contribution in [3.8, 4) is 5.06 Å². The van der Waals surface area contributed by atoms with Gasteiger partial charge in [-0.05, 0) is 22.0 Å². The second kappa shape index (κ2) is 4.01. The normalized spacial score (nSPS) is 10.5. The quantitative estimate of drug-likeness (QED) is 0.921. The fraction of sp³-hybridized carbons (Fsp3) is 0.167. The smallest absolute Gasteiger partial charge is 0.388 e. The Hall–Kier alpha value is -0.690. The van der Waals surface area contributed by atoms with E-state index in [0.29, 0.717) is 11.3 Å². The molecule has 1 aromatic rings. The molecule has 1 rings (SSSR count). The molecule has 0 saturated heterocycles. The number of halogens is 3. The number of alkyl halides is 2. The minimum atomic E-state index is -2.95. The van der Waals surface area contributed by atoms with Gasteiger partial charge in [-0.25, -0.2) is 4.79 Å². The predicted octanol–water partition coefficient (Wildman–Crippen LogP) is 2.81. The molecule has 72 valence electrons. The van der Waals surface area contributed by atoms with Crippen LogP contribution in [-0.4, -0.2) is 17.7 Å². The summed E-state index contributed by atoms with van der Waals surface area (Å²) in [4.78, 5) is 10.3. The summed E-state index contributed by atoms with van der Waals surface area (Å²) in [5.74, 6) is -1.17. The molecule has 0 aliphatic carbocycles. The molecule has 0 unspecified atom stereocenters. The fourth-order valence-electron chi connectivity index (χ4n) is 0.619. The van der Waals surface area contributed by atoms with E-state index in [4.69, 9.17) is 5.11 Å². The Bertz CT molecular complexity index is 326. The van der Waals surface area contributed by atoms with Gasteiger partial charge in [0.15, 0.2) is 5.06 Å². The van der Waals surface area contributed by atoms with Crippen LogP contribution < -0.4 is 4.74 Å². The maximum Gasteiger partial charge on any atom is 0.388 e. The van der Waals surface area contributed by atoms with Crippen molar-refractivity contribution >= 4 is 33.2 Å². The summed E-state index contributed by atoms with van der Waals surface area (Å²) in [7, 11) is 0. The molecular formula is C6H3BrF2O3S. The van der Waals surface area contributed by atoms with Crippen molar-refractivity contribution in [2.45, 2.75) is 6.61 Å². The number of rotatable bonds is 3. The van der Waals surface area contributed by atoms with Crippen LogP contribution in [0.1, 0.15) is 9.67 Å². The van der Waals surface area contributed by atoms with Crippen molar-refractivity contribution in [1.29, 1.82) is 0 Å². The molecule has 0 aliphatic rings. The van der Waals surface area contributed by atoms with Crippen molar-refractivity contribution in [2.24, 2.45) is 0 Å². The molecule has 0 aromatic carbocycles. The molecule has 7 heteroatoms. The number of hydrogen-bond acceptors (Lipinski definition) is 3. The zero-order chi connectivity index (χ0) is 10.0. The lowest BCUT2D eigenvalue weighted by Crippen LogP contribution is -2.00. The van der Waals surface area contributed by atoms with E-state index >= 15 is 0 Å². The van der Waals surface area contributed by atoms with Crippen LogP contribution >= 0.6 is 27.3 Å². The zero-order valence-corrected chi connectivity index (χ0v) is 8.36. The summed E-state index contributed by atoms with van der Waals surface area (Å²) in [6.45, 7) is -2.95. The second-order valence-electron chi connectivity index (χ2n) is 1.93. The highest BCUT2D eigenvalue weighted by Crippen LogP contribution is 2.35. The minimum Gasteiger partial charge on any atom is -0.477 e. The minimum absolute atomic E-state index is 0.0532. The molecule has 3 nitrogen and oxygen atoms in total. The van der Waals surface area contributed by atoms with Crippen molar-refractivity contribution in [2.75, 3.05) is 0 Å². The van der Waals surface area contributed by atoms with Crippen LogP contribution in [0.4, 0.5) is 8.78 Å². The van der Waals surface area contributed by atoms with Crippen LogP contribution in [0.5, 0.6) is 5.06 Å². The summed E-state index contributed by atoms with van der Waals surface area (Å²) in [5, 5.41) is 8.37. The third kappa shape index (κ3) is 2.63. The maximum atomic E-state index is 11.7. The van der Waals surface area contributed by atoms with Crippen LogP contribution in [0.3, 0.4) is 0 Å². The molecule has 1 heterocycles. The van der Waals surface area contributed by atoms with E-state index < -0.39 is 12.6 Å². The molecule has 0 spiro atoms. The van der Waals surface area contributed by atoms with Gasteiger partial charge in [-0.3, -0.25) is 0 Å². The molecule has 1 N–H and O–H groups in total. The van der Waals surface area contributed by atoms with Gasteiger partial charge < -0.3 is 9.84 Å². The van der Waals surface area contributed by atoms with Crippen LogP contribution in [0.15, 0.2) is 10.5 Å². The largest absolute Gasteiger partial charge is 0.477 e. The molecule has 0 amide bonds. The number of hydrogen-bond donors (Lipinski definition) is 1. The van der Waals surface area contributed by atoms with E-state index in [2.05, 4.69) is 20.7 Å². The molecule has 0 radical (unpaired) electrons. The average molecular weight is 273 g/mol. The van der Waals surface area contributed by atoms with Crippen LogP contribution in [0.25, 0.3) is 0 Å². The van der Waals surface area contributed by atoms with Gasteiger partial charge in [0.2, 0.25) is 0 Å². The highest BCUT2D eigenvalue weighted by Gasteiger charge is 2.15. The maximum absolute atomic E-state index is 11.7. The number of thiophene rings is 1. The van der Waals surface area contributed by atoms with Crippen LogP contribution in [0, 0.1) is 0 Å². The zero-order valence-electron chi connectivity index (χ0n) is 5.96. The first kappa shape index (κ1) is 10.4. The molecular weight excluding hydrogens is 270 g/mol.